The lowest BCUT2D eigenvalue weighted by atomic mass is 10.3. The second-order valence-corrected chi connectivity index (χ2v) is 3.73. The molecule has 0 aliphatic carbocycles. The maximum Gasteiger partial charge on any atom is 0.167 e. The Morgan fingerprint density at radius 2 is 1.75 bits per heavy atom. The number of hydrazine groups is 1. The van der Waals surface area contributed by atoms with Crippen LogP contribution in [0.4, 0.5) is 11.6 Å². The minimum absolute atomic E-state index is 0.492. The molecule has 0 fully saturated rings. The van der Waals surface area contributed by atoms with E-state index in [0.29, 0.717) is 16.7 Å². The number of hydrogen-bond acceptors (Lipinski definition) is 4. The van der Waals surface area contributed by atoms with Gasteiger partial charge in [0.25, 0.3) is 0 Å². The van der Waals surface area contributed by atoms with E-state index in [-0.39, 0.29) is 0 Å². The molecule has 0 atom stereocenters. The summed E-state index contributed by atoms with van der Waals surface area (Å²) in [6, 6.07) is 7.28. The summed E-state index contributed by atoms with van der Waals surface area (Å²) in [6.07, 6.45) is 3.32. The summed E-state index contributed by atoms with van der Waals surface area (Å²) in [4.78, 5) is 8.32. The van der Waals surface area contributed by atoms with E-state index in [0.717, 1.165) is 5.56 Å². The number of pyridine rings is 2. The first-order valence-electron chi connectivity index (χ1n) is 4.77. The molecule has 2 aromatic heterocycles. The summed E-state index contributed by atoms with van der Waals surface area (Å²) >= 11 is 6.01. The van der Waals surface area contributed by atoms with Crippen LogP contribution in [0.3, 0.4) is 0 Å². The highest BCUT2D eigenvalue weighted by molar-refractivity contribution is 6.33. The number of nitrogens with two attached hydrogens (primary N) is 1. The quantitative estimate of drug-likeness (QED) is 0.641. The molecule has 5 heteroatoms. The first-order chi connectivity index (χ1) is 7.70. The number of hydrogen-bond donors (Lipinski definition) is 1. The van der Waals surface area contributed by atoms with Gasteiger partial charge in [-0.05, 0) is 30.7 Å². The van der Waals surface area contributed by atoms with Gasteiger partial charge in [0.05, 0.1) is 5.02 Å². The number of halogens is 1. The van der Waals surface area contributed by atoms with Crippen LogP contribution in [0.1, 0.15) is 5.56 Å². The van der Waals surface area contributed by atoms with Crippen LogP contribution in [0.15, 0.2) is 36.7 Å². The smallest absolute Gasteiger partial charge is 0.167 e. The maximum atomic E-state index is 6.01. The molecule has 4 nitrogen and oxygen atoms in total. The topological polar surface area (TPSA) is 55.0 Å². The zero-order chi connectivity index (χ0) is 11.5. The van der Waals surface area contributed by atoms with Crippen molar-refractivity contribution >= 4 is 23.2 Å². The first-order valence-corrected chi connectivity index (χ1v) is 5.15. The van der Waals surface area contributed by atoms with Crippen LogP contribution >= 0.6 is 11.6 Å². The van der Waals surface area contributed by atoms with Gasteiger partial charge in [0.15, 0.2) is 11.6 Å². The van der Waals surface area contributed by atoms with E-state index in [1.165, 1.54) is 5.01 Å². The molecule has 0 saturated carbocycles. The van der Waals surface area contributed by atoms with E-state index >= 15 is 0 Å². The summed E-state index contributed by atoms with van der Waals surface area (Å²) in [5.41, 5.74) is 0.965. The molecule has 0 amide bonds. The monoisotopic (exact) mass is 234 g/mol. The zero-order valence-corrected chi connectivity index (χ0v) is 9.52. The summed E-state index contributed by atoms with van der Waals surface area (Å²) in [5, 5.41) is 1.88. The number of aryl methyl sites for hydroxylation is 1. The van der Waals surface area contributed by atoms with E-state index in [9.17, 15) is 0 Å². The number of rotatable bonds is 2. The molecular formula is C11H11ClN4. The fourth-order valence-electron chi connectivity index (χ4n) is 1.38. The minimum Gasteiger partial charge on any atom is -0.243 e. The molecule has 0 aliphatic rings. The van der Waals surface area contributed by atoms with Crippen LogP contribution in [0.25, 0.3) is 0 Å². The Kier molecular flexibility index (Phi) is 3.03. The second-order valence-electron chi connectivity index (χ2n) is 3.32. The van der Waals surface area contributed by atoms with E-state index in [4.69, 9.17) is 17.4 Å². The number of anilines is 2. The molecule has 2 heterocycles. The number of nitrogens with zero attached hydrogens (tertiary/aromatic N) is 3. The molecule has 82 valence electrons. The van der Waals surface area contributed by atoms with Crippen molar-refractivity contribution in [3.63, 3.8) is 0 Å². The first kappa shape index (κ1) is 10.9. The van der Waals surface area contributed by atoms with Crippen LogP contribution in [0, 0.1) is 6.92 Å². The average Bonchev–Trinajstić information content (AvgIpc) is 2.29. The molecule has 0 spiro atoms. The van der Waals surface area contributed by atoms with Gasteiger partial charge < -0.3 is 0 Å². The lowest BCUT2D eigenvalue weighted by Gasteiger charge is -2.18. The Balaban J connectivity index is 2.44. The van der Waals surface area contributed by atoms with Gasteiger partial charge in [-0.2, -0.15) is 0 Å². The average molecular weight is 235 g/mol. The Labute approximate surface area is 98.7 Å². The van der Waals surface area contributed by atoms with E-state index in [1.807, 2.05) is 19.1 Å². The lowest BCUT2D eigenvalue weighted by Crippen LogP contribution is -2.27. The van der Waals surface area contributed by atoms with E-state index < -0.39 is 0 Å². The predicted molar refractivity (Wildman–Crippen MR) is 64.5 cm³/mol. The van der Waals surface area contributed by atoms with Crippen LogP contribution in [-0.4, -0.2) is 9.97 Å². The molecule has 2 N–H and O–H groups in total. The van der Waals surface area contributed by atoms with Gasteiger partial charge in [-0.15, -0.1) is 0 Å². The van der Waals surface area contributed by atoms with Crippen molar-refractivity contribution in [2.24, 2.45) is 5.84 Å². The minimum atomic E-state index is 0.492. The van der Waals surface area contributed by atoms with E-state index in [2.05, 4.69) is 9.97 Å². The predicted octanol–water partition coefficient (Wildman–Crippen LogP) is 2.45. The normalized spacial score (nSPS) is 10.2. The van der Waals surface area contributed by atoms with Gasteiger partial charge in [-0.1, -0.05) is 17.7 Å². The standard InChI is InChI=1S/C11H11ClN4/c1-8-4-2-6-14-10(8)16(13)11-9(12)5-3-7-15-11/h2-7H,13H2,1H3. The van der Waals surface area contributed by atoms with Crippen molar-refractivity contribution in [1.82, 2.24) is 9.97 Å². The van der Waals surface area contributed by atoms with Crippen molar-refractivity contribution in [2.45, 2.75) is 6.92 Å². The highest BCUT2D eigenvalue weighted by Crippen LogP contribution is 2.26. The van der Waals surface area contributed by atoms with Gasteiger partial charge in [-0.25, -0.2) is 20.8 Å². The van der Waals surface area contributed by atoms with Crippen LogP contribution in [0.2, 0.25) is 5.02 Å². The van der Waals surface area contributed by atoms with Gasteiger partial charge in [0.2, 0.25) is 0 Å². The summed E-state index contributed by atoms with van der Waals surface area (Å²) in [7, 11) is 0. The van der Waals surface area contributed by atoms with Crippen molar-refractivity contribution in [3.05, 3.63) is 47.2 Å². The van der Waals surface area contributed by atoms with Gasteiger partial charge in [0, 0.05) is 12.4 Å². The van der Waals surface area contributed by atoms with E-state index in [1.54, 1.807) is 24.5 Å². The fourth-order valence-corrected chi connectivity index (χ4v) is 1.60. The van der Waals surface area contributed by atoms with Crippen LogP contribution in [-0.2, 0) is 0 Å². The van der Waals surface area contributed by atoms with Crippen molar-refractivity contribution in [3.8, 4) is 0 Å². The molecular weight excluding hydrogens is 224 g/mol. The molecule has 2 rings (SSSR count). The Morgan fingerprint density at radius 1 is 1.12 bits per heavy atom. The SMILES string of the molecule is Cc1cccnc1N(N)c1ncccc1Cl. The third-order valence-corrected chi connectivity index (χ3v) is 2.47. The molecule has 0 aliphatic heterocycles. The van der Waals surface area contributed by atoms with Crippen LogP contribution < -0.4 is 10.9 Å². The molecule has 0 saturated heterocycles. The molecule has 0 unspecified atom stereocenters. The maximum absolute atomic E-state index is 6.01. The van der Waals surface area contributed by atoms with Crippen molar-refractivity contribution < 1.29 is 0 Å². The molecule has 2 aromatic rings. The summed E-state index contributed by atoms with van der Waals surface area (Å²) < 4.78 is 0. The Bertz CT molecular complexity index is 455. The Hall–Kier alpha value is -1.65. The van der Waals surface area contributed by atoms with Crippen molar-refractivity contribution in [2.75, 3.05) is 5.01 Å². The highest BCUT2D eigenvalue weighted by atomic mass is 35.5. The third kappa shape index (κ3) is 1.98. The number of aromatic nitrogens is 2. The van der Waals surface area contributed by atoms with Gasteiger partial charge in [0.1, 0.15) is 0 Å². The molecule has 16 heavy (non-hydrogen) atoms. The fraction of sp³-hybridized carbons (Fsp3) is 0.0909. The third-order valence-electron chi connectivity index (χ3n) is 2.18. The van der Waals surface area contributed by atoms with Gasteiger partial charge >= 0.3 is 0 Å². The summed E-state index contributed by atoms with van der Waals surface area (Å²) in [5.74, 6) is 7.08. The lowest BCUT2D eigenvalue weighted by molar-refractivity contribution is 0.987. The second kappa shape index (κ2) is 4.47. The molecule has 0 radical (unpaired) electrons. The van der Waals surface area contributed by atoms with Crippen LogP contribution in [0.5, 0.6) is 0 Å². The highest BCUT2D eigenvalue weighted by Gasteiger charge is 2.12. The zero-order valence-electron chi connectivity index (χ0n) is 8.76. The van der Waals surface area contributed by atoms with Crippen molar-refractivity contribution in [1.29, 1.82) is 0 Å². The Morgan fingerprint density at radius 3 is 2.38 bits per heavy atom. The van der Waals surface area contributed by atoms with Gasteiger partial charge in [-0.3, -0.25) is 0 Å². The molecule has 0 aromatic carbocycles. The molecule has 0 bridgehead atoms. The summed E-state index contributed by atoms with van der Waals surface area (Å²) in [6.45, 7) is 1.93. The largest absolute Gasteiger partial charge is 0.243 e.